The van der Waals surface area contributed by atoms with Crippen LogP contribution in [0.15, 0.2) is 36.5 Å². The maximum Gasteiger partial charge on any atom is 0.472 e. The first-order valence-electron chi connectivity index (χ1n) is 22.2. The van der Waals surface area contributed by atoms with E-state index in [4.69, 9.17) is 24.8 Å². The summed E-state index contributed by atoms with van der Waals surface area (Å²) in [7, 11) is -4.76. The highest BCUT2D eigenvalue weighted by Crippen LogP contribution is 2.43. The van der Waals surface area contributed by atoms with E-state index >= 15 is 0 Å². The largest absolute Gasteiger partial charge is 0.480 e. The molecular weight excluding hydrogens is 765 g/mol. The summed E-state index contributed by atoms with van der Waals surface area (Å²) in [5.74, 6) is -2.53. The minimum atomic E-state index is -4.76. The number of nitrogens with two attached hydrogens (primary N) is 1. The molecule has 0 saturated heterocycles. The molecule has 0 aromatic heterocycles. The second-order valence-corrected chi connectivity index (χ2v) is 16.6. The van der Waals surface area contributed by atoms with Crippen molar-refractivity contribution < 1.29 is 57.7 Å². The van der Waals surface area contributed by atoms with Crippen molar-refractivity contribution in [3.8, 4) is 0 Å². The summed E-state index contributed by atoms with van der Waals surface area (Å²) in [6.07, 6.45) is 33.9. The molecule has 0 saturated carbocycles. The van der Waals surface area contributed by atoms with E-state index in [1.165, 1.54) is 77.0 Å². The van der Waals surface area contributed by atoms with Crippen molar-refractivity contribution in [2.24, 2.45) is 5.73 Å². The van der Waals surface area contributed by atoms with Crippen LogP contribution in [0, 0.1) is 0 Å². The summed E-state index contributed by atoms with van der Waals surface area (Å²) < 4.78 is 32.6. The molecule has 0 aromatic carbocycles. The minimum Gasteiger partial charge on any atom is -0.480 e. The minimum absolute atomic E-state index is 0.0294. The van der Waals surface area contributed by atoms with Crippen molar-refractivity contribution in [2.75, 3.05) is 19.8 Å². The van der Waals surface area contributed by atoms with Crippen LogP contribution < -0.4 is 5.73 Å². The Morgan fingerprint density at radius 1 is 0.586 bits per heavy atom. The molecule has 0 rings (SSSR count). The molecule has 0 aliphatic rings. The standard InChI is InChI=1S/C44H80NO12P/c1-3-5-7-9-11-12-13-14-15-16-17-18-21-25-29-33-42(48)54-35-38(36-55-58(52,53)56-37-39(45)44(50)51)57-43(49)34-30-26-22-19-20-24-28-32-41(47)40(46)31-27-23-10-8-6-4-2/h19,22-24,27-28,38-41,46-47H,3-18,20-21,25-26,29-37,45H2,1-2H3,(H,50,51)(H,52,53)/b22-19-,27-23+,28-24-. The van der Waals surface area contributed by atoms with Crippen molar-refractivity contribution in [1.82, 2.24) is 0 Å². The number of hydrogen-bond acceptors (Lipinski definition) is 11. The van der Waals surface area contributed by atoms with Crippen molar-refractivity contribution in [3.05, 3.63) is 36.5 Å². The number of phosphoric acid groups is 1. The fourth-order valence-electron chi connectivity index (χ4n) is 5.89. The van der Waals surface area contributed by atoms with Gasteiger partial charge in [-0.3, -0.25) is 23.4 Å². The molecule has 13 nitrogen and oxygen atoms in total. The molecule has 338 valence electrons. The SMILES string of the molecule is CCCCC/C=C/CC(O)C(O)C/C=C\C/C=C\CCCC(=O)OC(COC(=O)CCCCCCCCCCCCCCCCC)COP(=O)(O)OCC(N)C(=O)O. The molecule has 0 bridgehead atoms. The van der Waals surface area contributed by atoms with Crippen LogP contribution in [-0.4, -0.2) is 82.3 Å². The first-order valence-corrected chi connectivity index (χ1v) is 23.7. The highest BCUT2D eigenvalue weighted by atomic mass is 31.2. The summed E-state index contributed by atoms with van der Waals surface area (Å²) in [5.41, 5.74) is 5.32. The Hall–Kier alpha value is -2.38. The fourth-order valence-corrected chi connectivity index (χ4v) is 6.67. The molecule has 0 aliphatic carbocycles. The fraction of sp³-hybridized carbons (Fsp3) is 0.795. The van der Waals surface area contributed by atoms with Gasteiger partial charge in [-0.05, 0) is 51.4 Å². The number of aliphatic hydroxyl groups is 2. The van der Waals surface area contributed by atoms with E-state index in [-0.39, 0.29) is 12.8 Å². The van der Waals surface area contributed by atoms with Gasteiger partial charge in [0, 0.05) is 12.8 Å². The van der Waals surface area contributed by atoms with Crippen molar-refractivity contribution >= 4 is 25.7 Å². The molecule has 5 unspecified atom stereocenters. The number of carbonyl (C=O) groups is 3. The van der Waals surface area contributed by atoms with E-state index in [2.05, 4.69) is 24.4 Å². The predicted octanol–water partition coefficient (Wildman–Crippen LogP) is 9.56. The van der Waals surface area contributed by atoms with Gasteiger partial charge in [0.15, 0.2) is 6.10 Å². The van der Waals surface area contributed by atoms with Gasteiger partial charge in [0.1, 0.15) is 12.6 Å². The van der Waals surface area contributed by atoms with Crippen molar-refractivity contribution in [1.29, 1.82) is 0 Å². The summed E-state index contributed by atoms with van der Waals surface area (Å²) in [4.78, 5) is 45.9. The van der Waals surface area contributed by atoms with Crippen molar-refractivity contribution in [3.63, 3.8) is 0 Å². The Morgan fingerprint density at radius 2 is 1.03 bits per heavy atom. The summed E-state index contributed by atoms with van der Waals surface area (Å²) in [6, 6.07) is -1.55. The number of aliphatic hydroxyl groups excluding tert-OH is 2. The van der Waals surface area contributed by atoms with E-state index in [0.717, 1.165) is 38.5 Å². The van der Waals surface area contributed by atoms with Gasteiger partial charge in [-0.15, -0.1) is 0 Å². The number of phosphoric ester groups is 1. The Kier molecular flexibility index (Phi) is 37.2. The van der Waals surface area contributed by atoms with E-state index in [0.29, 0.717) is 38.5 Å². The number of carbonyl (C=O) groups excluding carboxylic acids is 2. The van der Waals surface area contributed by atoms with Gasteiger partial charge >= 0.3 is 25.7 Å². The molecule has 0 amide bonds. The highest BCUT2D eigenvalue weighted by molar-refractivity contribution is 7.47. The zero-order valence-corrected chi connectivity index (χ0v) is 36.8. The second-order valence-electron chi connectivity index (χ2n) is 15.1. The number of carboxylic acids is 1. The lowest BCUT2D eigenvalue weighted by Crippen LogP contribution is -2.34. The number of esters is 2. The number of aliphatic carboxylic acids is 1. The van der Waals surface area contributed by atoms with Gasteiger partial charge in [-0.2, -0.15) is 0 Å². The van der Waals surface area contributed by atoms with E-state index in [1.54, 1.807) is 0 Å². The third-order valence-electron chi connectivity index (χ3n) is 9.57. The number of unbranched alkanes of at least 4 members (excludes halogenated alkanes) is 18. The lowest BCUT2D eigenvalue weighted by atomic mass is 10.0. The van der Waals surface area contributed by atoms with Crippen LogP contribution in [0.5, 0.6) is 0 Å². The Bertz CT molecular complexity index is 1160. The molecule has 0 fully saturated rings. The second kappa shape index (κ2) is 38.8. The average Bonchev–Trinajstić information content (AvgIpc) is 3.19. The Labute approximate surface area is 349 Å². The third kappa shape index (κ3) is 36.7. The summed E-state index contributed by atoms with van der Waals surface area (Å²) in [6.45, 7) is 2.58. The van der Waals surface area contributed by atoms with Crippen LogP contribution in [0.4, 0.5) is 0 Å². The normalized spacial score (nSPS) is 15.1. The van der Waals surface area contributed by atoms with Gasteiger partial charge < -0.3 is 35.4 Å². The van der Waals surface area contributed by atoms with Crippen LogP contribution in [0.25, 0.3) is 0 Å². The highest BCUT2D eigenvalue weighted by Gasteiger charge is 2.28. The average molecular weight is 846 g/mol. The number of allylic oxidation sites excluding steroid dienone is 4. The lowest BCUT2D eigenvalue weighted by molar-refractivity contribution is -0.161. The molecular formula is C44H80NO12P. The molecule has 58 heavy (non-hydrogen) atoms. The smallest absolute Gasteiger partial charge is 0.472 e. The first kappa shape index (κ1) is 55.6. The third-order valence-corrected chi connectivity index (χ3v) is 10.5. The molecule has 14 heteroatoms. The summed E-state index contributed by atoms with van der Waals surface area (Å²) >= 11 is 0. The maximum atomic E-state index is 12.6. The monoisotopic (exact) mass is 846 g/mol. The number of ether oxygens (including phenoxy) is 2. The van der Waals surface area contributed by atoms with E-state index in [9.17, 15) is 34.1 Å². The maximum absolute atomic E-state index is 12.6. The number of rotatable bonds is 41. The van der Waals surface area contributed by atoms with Gasteiger partial charge in [0.2, 0.25) is 0 Å². The molecule has 0 heterocycles. The zero-order chi connectivity index (χ0) is 43.1. The lowest BCUT2D eigenvalue weighted by Gasteiger charge is -2.20. The van der Waals surface area contributed by atoms with Gasteiger partial charge in [-0.25, -0.2) is 4.57 Å². The van der Waals surface area contributed by atoms with Crippen LogP contribution in [-0.2, 0) is 37.5 Å². The van der Waals surface area contributed by atoms with Crippen molar-refractivity contribution in [2.45, 2.75) is 205 Å². The van der Waals surface area contributed by atoms with Crippen LogP contribution >= 0.6 is 7.82 Å². The number of hydrogen-bond donors (Lipinski definition) is 5. The quantitative estimate of drug-likeness (QED) is 0.0168. The molecule has 5 atom stereocenters. The van der Waals surface area contributed by atoms with E-state index in [1.807, 2.05) is 30.4 Å². The van der Waals surface area contributed by atoms with Gasteiger partial charge in [0.25, 0.3) is 0 Å². The van der Waals surface area contributed by atoms with Crippen LogP contribution in [0.2, 0.25) is 0 Å². The number of carboxylic acid groups (broad SMARTS) is 1. The zero-order valence-electron chi connectivity index (χ0n) is 35.9. The molecule has 0 aromatic rings. The summed E-state index contributed by atoms with van der Waals surface area (Å²) in [5, 5.41) is 29.2. The molecule has 0 aliphatic heterocycles. The Balaban J connectivity index is 4.54. The topological polar surface area (TPSA) is 212 Å². The molecule has 0 radical (unpaired) electrons. The Morgan fingerprint density at radius 3 is 1.60 bits per heavy atom. The first-order chi connectivity index (χ1) is 27.9. The van der Waals surface area contributed by atoms with Crippen LogP contribution in [0.1, 0.15) is 181 Å². The van der Waals surface area contributed by atoms with E-state index < -0.39 is 69.9 Å². The van der Waals surface area contributed by atoms with Gasteiger partial charge in [-0.1, -0.05) is 153 Å². The van der Waals surface area contributed by atoms with Gasteiger partial charge in [0.05, 0.1) is 25.4 Å². The molecule has 6 N–H and O–H groups in total. The van der Waals surface area contributed by atoms with Crippen LogP contribution in [0.3, 0.4) is 0 Å². The molecule has 0 spiro atoms. The predicted molar refractivity (Wildman–Crippen MR) is 229 cm³/mol.